The first-order valence-corrected chi connectivity index (χ1v) is 7.86. The number of methoxy groups -OCH3 is 3. The third kappa shape index (κ3) is 4.28. The van der Waals surface area contributed by atoms with Gasteiger partial charge in [0.25, 0.3) is 5.91 Å². The molecule has 1 aromatic carbocycles. The first-order valence-electron chi connectivity index (χ1n) is 7.86. The maximum Gasteiger partial charge on any atom is 0.255 e. The highest BCUT2D eigenvalue weighted by Crippen LogP contribution is 2.39. The van der Waals surface area contributed by atoms with Crippen LogP contribution in [0.15, 0.2) is 12.1 Å². The maximum absolute atomic E-state index is 12.4. The average Bonchev–Trinajstić information content (AvgIpc) is 3.10. The van der Waals surface area contributed by atoms with Crippen LogP contribution in [0.1, 0.15) is 29.6 Å². The van der Waals surface area contributed by atoms with Gasteiger partial charge in [-0.05, 0) is 37.3 Å². The van der Waals surface area contributed by atoms with Gasteiger partial charge in [-0.3, -0.25) is 4.79 Å². The minimum atomic E-state index is -0.175. The SMILES string of the molecule is COc1ccc(C(=O)NCCC[C@@H]2CCOC2)c(OC)c1OC. The predicted octanol–water partition coefficient (Wildman–Crippen LogP) is 2.26. The molecule has 0 unspecified atom stereocenters. The molecule has 1 amide bonds. The zero-order valence-electron chi connectivity index (χ0n) is 14.0. The third-order valence-electron chi connectivity index (χ3n) is 4.05. The van der Waals surface area contributed by atoms with Gasteiger partial charge >= 0.3 is 0 Å². The number of hydrogen-bond donors (Lipinski definition) is 1. The summed E-state index contributed by atoms with van der Waals surface area (Å²) >= 11 is 0. The molecule has 23 heavy (non-hydrogen) atoms. The Kier molecular flexibility index (Phi) is 6.52. The molecule has 1 saturated heterocycles. The Morgan fingerprint density at radius 1 is 1.22 bits per heavy atom. The van der Waals surface area contributed by atoms with Crippen molar-refractivity contribution in [1.82, 2.24) is 5.32 Å². The smallest absolute Gasteiger partial charge is 0.255 e. The molecule has 6 nitrogen and oxygen atoms in total. The van der Waals surface area contributed by atoms with Crippen molar-refractivity contribution < 1.29 is 23.7 Å². The topological polar surface area (TPSA) is 66.0 Å². The van der Waals surface area contributed by atoms with Gasteiger partial charge in [0.05, 0.1) is 26.9 Å². The number of hydrogen-bond acceptors (Lipinski definition) is 5. The van der Waals surface area contributed by atoms with E-state index in [9.17, 15) is 4.79 Å². The van der Waals surface area contributed by atoms with E-state index in [1.54, 1.807) is 19.2 Å². The Balaban J connectivity index is 1.95. The Bertz CT molecular complexity index is 526. The third-order valence-corrected chi connectivity index (χ3v) is 4.05. The van der Waals surface area contributed by atoms with E-state index in [1.165, 1.54) is 14.2 Å². The van der Waals surface area contributed by atoms with Crippen molar-refractivity contribution in [3.05, 3.63) is 17.7 Å². The van der Waals surface area contributed by atoms with Gasteiger partial charge in [-0.1, -0.05) is 0 Å². The summed E-state index contributed by atoms with van der Waals surface area (Å²) in [4.78, 5) is 12.4. The standard InChI is InChI=1S/C17H25NO5/c1-20-14-7-6-13(15(21-2)16(14)22-3)17(19)18-9-4-5-12-8-10-23-11-12/h6-7,12H,4-5,8-11H2,1-3H3,(H,18,19)/t12-/m1/s1. The summed E-state index contributed by atoms with van der Waals surface area (Å²) in [6.45, 7) is 2.34. The van der Waals surface area contributed by atoms with Crippen molar-refractivity contribution in [3.8, 4) is 17.2 Å². The van der Waals surface area contributed by atoms with Crippen molar-refractivity contribution in [2.24, 2.45) is 5.92 Å². The van der Waals surface area contributed by atoms with Crippen LogP contribution < -0.4 is 19.5 Å². The van der Waals surface area contributed by atoms with E-state index in [0.717, 1.165) is 32.5 Å². The van der Waals surface area contributed by atoms with Gasteiger partial charge < -0.3 is 24.3 Å². The number of ether oxygens (including phenoxy) is 4. The summed E-state index contributed by atoms with van der Waals surface area (Å²) in [6, 6.07) is 3.38. The Morgan fingerprint density at radius 2 is 2.00 bits per heavy atom. The first kappa shape index (κ1) is 17.4. The number of nitrogens with one attached hydrogen (secondary N) is 1. The van der Waals surface area contributed by atoms with E-state index in [2.05, 4.69) is 5.32 Å². The fourth-order valence-corrected chi connectivity index (χ4v) is 2.78. The van der Waals surface area contributed by atoms with Gasteiger partial charge in [-0.2, -0.15) is 0 Å². The van der Waals surface area contributed by atoms with E-state index in [1.807, 2.05) is 0 Å². The fourth-order valence-electron chi connectivity index (χ4n) is 2.78. The molecule has 1 fully saturated rings. The molecule has 0 bridgehead atoms. The molecule has 1 aliphatic heterocycles. The summed E-state index contributed by atoms with van der Waals surface area (Å²) in [6.07, 6.45) is 3.14. The van der Waals surface area contributed by atoms with Crippen molar-refractivity contribution in [1.29, 1.82) is 0 Å². The highest BCUT2D eigenvalue weighted by Gasteiger charge is 2.20. The molecule has 0 aliphatic carbocycles. The van der Waals surface area contributed by atoms with Crippen LogP contribution in [0.25, 0.3) is 0 Å². The van der Waals surface area contributed by atoms with Gasteiger partial charge in [0.2, 0.25) is 5.75 Å². The van der Waals surface area contributed by atoms with E-state index in [0.29, 0.717) is 35.3 Å². The van der Waals surface area contributed by atoms with Crippen molar-refractivity contribution in [2.45, 2.75) is 19.3 Å². The predicted molar refractivity (Wildman–Crippen MR) is 86.6 cm³/mol. The van der Waals surface area contributed by atoms with Crippen LogP contribution in [-0.2, 0) is 4.74 Å². The zero-order valence-corrected chi connectivity index (χ0v) is 14.0. The second-order valence-corrected chi connectivity index (χ2v) is 5.51. The summed E-state index contributed by atoms with van der Waals surface area (Å²) < 4.78 is 21.2. The van der Waals surface area contributed by atoms with Gasteiger partial charge in [0, 0.05) is 19.8 Å². The van der Waals surface area contributed by atoms with E-state index in [-0.39, 0.29) is 5.91 Å². The molecule has 1 N–H and O–H groups in total. The lowest BCUT2D eigenvalue weighted by Crippen LogP contribution is -2.25. The number of rotatable bonds is 8. The lowest BCUT2D eigenvalue weighted by atomic mass is 10.0. The van der Waals surface area contributed by atoms with E-state index < -0.39 is 0 Å². The fraction of sp³-hybridized carbons (Fsp3) is 0.588. The molecule has 0 saturated carbocycles. The first-order chi connectivity index (χ1) is 11.2. The molecule has 128 valence electrons. The van der Waals surface area contributed by atoms with Crippen LogP contribution in [0.2, 0.25) is 0 Å². The molecule has 0 aromatic heterocycles. The maximum atomic E-state index is 12.4. The highest BCUT2D eigenvalue weighted by atomic mass is 16.5. The number of amides is 1. The molecule has 6 heteroatoms. The zero-order chi connectivity index (χ0) is 16.7. The van der Waals surface area contributed by atoms with Crippen molar-refractivity contribution >= 4 is 5.91 Å². The molecule has 1 heterocycles. The minimum Gasteiger partial charge on any atom is -0.493 e. The second-order valence-electron chi connectivity index (χ2n) is 5.51. The normalized spacial score (nSPS) is 16.9. The van der Waals surface area contributed by atoms with Crippen LogP contribution in [-0.4, -0.2) is 47.0 Å². The number of benzene rings is 1. The molecular weight excluding hydrogens is 298 g/mol. The monoisotopic (exact) mass is 323 g/mol. The van der Waals surface area contributed by atoms with Crippen LogP contribution in [0.4, 0.5) is 0 Å². The van der Waals surface area contributed by atoms with Crippen molar-refractivity contribution in [2.75, 3.05) is 41.1 Å². The molecular formula is C17H25NO5. The number of carbonyl (C=O) groups excluding carboxylic acids is 1. The summed E-state index contributed by atoms with van der Waals surface area (Å²) in [7, 11) is 4.57. The van der Waals surface area contributed by atoms with Gasteiger partial charge in [-0.25, -0.2) is 0 Å². The second kappa shape index (κ2) is 8.62. The van der Waals surface area contributed by atoms with Gasteiger partial charge in [0.15, 0.2) is 11.5 Å². The molecule has 1 atom stereocenters. The van der Waals surface area contributed by atoms with Crippen LogP contribution >= 0.6 is 0 Å². The molecule has 2 rings (SSSR count). The molecule has 0 radical (unpaired) electrons. The molecule has 0 spiro atoms. The van der Waals surface area contributed by atoms with Crippen molar-refractivity contribution in [3.63, 3.8) is 0 Å². The lowest BCUT2D eigenvalue weighted by molar-refractivity contribution is 0.0948. The van der Waals surface area contributed by atoms with E-state index >= 15 is 0 Å². The molecule has 1 aliphatic rings. The largest absolute Gasteiger partial charge is 0.493 e. The summed E-state index contributed by atoms with van der Waals surface area (Å²) in [5, 5.41) is 2.93. The average molecular weight is 323 g/mol. The van der Waals surface area contributed by atoms with Crippen LogP contribution in [0.3, 0.4) is 0 Å². The highest BCUT2D eigenvalue weighted by molar-refractivity contribution is 5.98. The van der Waals surface area contributed by atoms with Gasteiger partial charge in [0.1, 0.15) is 0 Å². The number of carbonyl (C=O) groups is 1. The Hall–Kier alpha value is -1.95. The van der Waals surface area contributed by atoms with E-state index in [4.69, 9.17) is 18.9 Å². The van der Waals surface area contributed by atoms with Crippen LogP contribution in [0, 0.1) is 5.92 Å². The quantitative estimate of drug-likeness (QED) is 0.743. The Labute approximate surface area is 137 Å². The molecule has 1 aromatic rings. The van der Waals surface area contributed by atoms with Crippen LogP contribution in [0.5, 0.6) is 17.2 Å². The minimum absolute atomic E-state index is 0.175. The van der Waals surface area contributed by atoms with Gasteiger partial charge in [-0.15, -0.1) is 0 Å². The summed E-state index contributed by atoms with van der Waals surface area (Å²) in [5.41, 5.74) is 0.439. The lowest BCUT2D eigenvalue weighted by Gasteiger charge is -2.15. The summed E-state index contributed by atoms with van der Waals surface area (Å²) in [5.74, 6) is 1.79. The Morgan fingerprint density at radius 3 is 2.61 bits per heavy atom.